The largest absolute Gasteiger partial charge is 0.457 e. The number of aromatic nitrogens is 3. The lowest BCUT2D eigenvalue weighted by atomic mass is 10.0. The molecule has 2 aliphatic rings. The highest BCUT2D eigenvalue weighted by Gasteiger charge is 2.33. The summed E-state index contributed by atoms with van der Waals surface area (Å²) in [6.45, 7) is 2.94. The van der Waals surface area contributed by atoms with Gasteiger partial charge in [0.15, 0.2) is 0 Å². The number of para-hydroxylation sites is 1. The number of nitriles is 1. The van der Waals surface area contributed by atoms with Crippen LogP contribution in [0.15, 0.2) is 66.5 Å². The van der Waals surface area contributed by atoms with Crippen LogP contribution in [0.25, 0.3) is 22.2 Å². The first-order valence-corrected chi connectivity index (χ1v) is 13.5. The van der Waals surface area contributed by atoms with Crippen LogP contribution in [0.5, 0.6) is 11.5 Å². The number of ether oxygens (including phenoxy) is 1. The number of nitrogen functional groups attached to an aromatic ring is 1. The number of hydrogen-bond donors (Lipinski definition) is 1. The van der Waals surface area contributed by atoms with E-state index in [2.05, 4.69) is 16.0 Å². The summed E-state index contributed by atoms with van der Waals surface area (Å²) in [5.74, 6) is 0.898. The number of rotatable bonds is 7. The first-order chi connectivity index (χ1) is 19.4. The highest BCUT2D eigenvalue weighted by Crippen LogP contribution is 2.40. The van der Waals surface area contributed by atoms with Crippen molar-refractivity contribution in [1.82, 2.24) is 19.4 Å². The van der Waals surface area contributed by atoms with E-state index in [9.17, 15) is 10.1 Å². The van der Waals surface area contributed by atoms with E-state index in [-0.39, 0.29) is 23.3 Å². The number of likely N-dealkylation sites (tertiary alicyclic amines) is 1. The van der Waals surface area contributed by atoms with Crippen molar-refractivity contribution in [2.75, 3.05) is 12.3 Å². The predicted octanol–water partition coefficient (Wildman–Crippen LogP) is 5.77. The molecule has 4 aromatic rings. The van der Waals surface area contributed by atoms with Gasteiger partial charge in [0, 0.05) is 36.0 Å². The summed E-state index contributed by atoms with van der Waals surface area (Å²) in [6, 6.07) is 15.9. The van der Waals surface area contributed by atoms with Crippen molar-refractivity contribution < 1.29 is 13.9 Å². The monoisotopic (exact) mass is 536 g/mol. The Balaban J connectivity index is 1.35. The van der Waals surface area contributed by atoms with Crippen LogP contribution in [0.3, 0.4) is 0 Å². The number of hydrogen-bond acceptors (Lipinski definition) is 6. The third-order valence-corrected chi connectivity index (χ3v) is 7.72. The SMILES string of the molecule is Cc1c(-c2ccc(Oc3ccccc3)cc2F)c2c(N)ncnc2n1C[C@@H]1CCCN1C(=O)/C(C#N)=C/C1CC1. The van der Waals surface area contributed by atoms with Crippen LogP contribution in [-0.2, 0) is 11.3 Å². The number of nitrogens with zero attached hydrogens (tertiary/aromatic N) is 5. The second kappa shape index (κ2) is 10.5. The predicted molar refractivity (Wildman–Crippen MR) is 150 cm³/mol. The molecule has 0 spiro atoms. The van der Waals surface area contributed by atoms with Gasteiger partial charge in [0.2, 0.25) is 0 Å². The summed E-state index contributed by atoms with van der Waals surface area (Å²) < 4.78 is 23.4. The van der Waals surface area contributed by atoms with Crippen molar-refractivity contribution in [3.8, 4) is 28.7 Å². The van der Waals surface area contributed by atoms with Crippen molar-refractivity contribution in [1.29, 1.82) is 5.26 Å². The highest BCUT2D eigenvalue weighted by molar-refractivity contribution is 6.02. The van der Waals surface area contributed by atoms with E-state index in [1.165, 1.54) is 12.4 Å². The van der Waals surface area contributed by atoms with E-state index in [1.807, 2.05) is 35.8 Å². The van der Waals surface area contributed by atoms with Crippen LogP contribution in [-0.4, -0.2) is 37.9 Å². The summed E-state index contributed by atoms with van der Waals surface area (Å²) in [5.41, 5.74) is 8.87. The van der Waals surface area contributed by atoms with E-state index in [0.29, 0.717) is 52.7 Å². The Labute approximate surface area is 231 Å². The van der Waals surface area contributed by atoms with Crippen molar-refractivity contribution >= 4 is 22.8 Å². The summed E-state index contributed by atoms with van der Waals surface area (Å²) in [5, 5.41) is 10.2. The number of anilines is 1. The zero-order valence-corrected chi connectivity index (χ0v) is 22.2. The van der Waals surface area contributed by atoms with Crippen LogP contribution in [0.2, 0.25) is 0 Å². The fourth-order valence-electron chi connectivity index (χ4n) is 5.56. The third kappa shape index (κ3) is 4.77. The summed E-state index contributed by atoms with van der Waals surface area (Å²) >= 11 is 0. The Hall–Kier alpha value is -4.71. The molecule has 0 bridgehead atoms. The minimum atomic E-state index is -0.458. The normalized spacial score (nSPS) is 17.3. The number of halogens is 1. The van der Waals surface area contributed by atoms with Crippen molar-refractivity contribution in [3.05, 3.63) is 78.0 Å². The van der Waals surface area contributed by atoms with Crippen LogP contribution in [0.1, 0.15) is 31.4 Å². The van der Waals surface area contributed by atoms with E-state index >= 15 is 4.39 Å². The fourth-order valence-corrected chi connectivity index (χ4v) is 5.56. The number of nitrogens with two attached hydrogens (primary N) is 1. The molecule has 1 aliphatic carbocycles. The summed E-state index contributed by atoms with van der Waals surface area (Å²) in [7, 11) is 0. The lowest BCUT2D eigenvalue weighted by Crippen LogP contribution is -2.39. The van der Waals surface area contributed by atoms with Crippen molar-refractivity contribution in [2.45, 2.75) is 45.2 Å². The molecule has 0 radical (unpaired) electrons. The van der Waals surface area contributed by atoms with Gasteiger partial charge >= 0.3 is 0 Å². The van der Waals surface area contributed by atoms with Gasteiger partial charge in [-0.05, 0) is 62.8 Å². The smallest absolute Gasteiger partial charge is 0.264 e. The molecular weight excluding hydrogens is 507 g/mol. The number of benzene rings is 2. The number of amides is 1. The molecule has 6 rings (SSSR count). The minimum absolute atomic E-state index is 0.131. The zero-order chi connectivity index (χ0) is 27.8. The van der Waals surface area contributed by atoms with Crippen LogP contribution in [0.4, 0.5) is 10.2 Å². The van der Waals surface area contributed by atoms with Gasteiger partial charge in [-0.2, -0.15) is 5.26 Å². The summed E-state index contributed by atoms with van der Waals surface area (Å²) in [6.07, 6.45) is 6.90. The number of allylic oxidation sites excluding steroid dienone is 1. The molecule has 1 saturated carbocycles. The second-order valence-electron chi connectivity index (χ2n) is 10.4. The lowest BCUT2D eigenvalue weighted by molar-refractivity contribution is -0.127. The molecule has 2 aromatic heterocycles. The lowest BCUT2D eigenvalue weighted by Gasteiger charge is -2.26. The average molecular weight is 537 g/mol. The Morgan fingerprint density at radius 3 is 2.70 bits per heavy atom. The maximum absolute atomic E-state index is 15.6. The maximum atomic E-state index is 15.6. The Morgan fingerprint density at radius 1 is 1.18 bits per heavy atom. The Morgan fingerprint density at radius 2 is 1.98 bits per heavy atom. The van der Waals surface area contributed by atoms with E-state index in [1.54, 1.807) is 29.2 Å². The number of carbonyl (C=O) groups is 1. The molecule has 40 heavy (non-hydrogen) atoms. The van der Waals surface area contributed by atoms with Crippen LogP contribution >= 0.6 is 0 Å². The zero-order valence-electron chi connectivity index (χ0n) is 22.2. The summed E-state index contributed by atoms with van der Waals surface area (Å²) in [4.78, 5) is 23.8. The fraction of sp³-hybridized carbons (Fsp3) is 0.290. The molecule has 1 amide bonds. The molecular formula is C31H29FN6O2. The highest BCUT2D eigenvalue weighted by atomic mass is 19.1. The van der Waals surface area contributed by atoms with Gasteiger partial charge in [0.1, 0.15) is 46.8 Å². The molecule has 1 saturated heterocycles. The van der Waals surface area contributed by atoms with Gasteiger partial charge in [-0.1, -0.05) is 24.3 Å². The van der Waals surface area contributed by atoms with E-state index in [0.717, 1.165) is 31.4 Å². The molecule has 202 valence electrons. The standard InChI is InChI=1S/C31H29FN6O2/c1-19-27(25-12-11-24(15-26(25)32)40-23-7-3-2-4-8-23)28-29(34)35-18-36-30(28)38(19)17-22-6-5-13-37(22)31(39)21(16-33)14-20-9-10-20/h2-4,7-8,11-12,14-15,18,20,22H,5-6,9-10,13,17H2,1H3,(H2,34,35,36)/b21-14+/t22-/m0/s1. The van der Waals surface area contributed by atoms with Gasteiger partial charge in [-0.3, -0.25) is 4.79 Å². The first-order valence-electron chi connectivity index (χ1n) is 13.5. The van der Waals surface area contributed by atoms with Gasteiger partial charge in [0.05, 0.1) is 11.4 Å². The van der Waals surface area contributed by atoms with Crippen molar-refractivity contribution in [2.24, 2.45) is 5.92 Å². The number of carbonyl (C=O) groups excluding carboxylic acids is 1. The topological polar surface area (TPSA) is 110 Å². The van der Waals surface area contributed by atoms with Crippen molar-refractivity contribution in [3.63, 3.8) is 0 Å². The van der Waals surface area contributed by atoms with Gasteiger partial charge in [-0.15, -0.1) is 0 Å². The molecule has 2 N–H and O–H groups in total. The second-order valence-corrected chi connectivity index (χ2v) is 10.4. The van der Waals surface area contributed by atoms with E-state index in [4.69, 9.17) is 10.5 Å². The number of fused-ring (bicyclic) bond motifs is 1. The molecule has 3 heterocycles. The first kappa shape index (κ1) is 25.6. The van der Waals surface area contributed by atoms with Gasteiger partial charge < -0.3 is 19.9 Å². The Kier molecular flexibility index (Phi) is 6.68. The third-order valence-electron chi connectivity index (χ3n) is 7.72. The molecule has 0 unspecified atom stereocenters. The van der Waals surface area contributed by atoms with Crippen LogP contribution < -0.4 is 10.5 Å². The maximum Gasteiger partial charge on any atom is 0.264 e. The average Bonchev–Trinajstić information content (AvgIpc) is 3.58. The van der Waals surface area contributed by atoms with Gasteiger partial charge in [-0.25, -0.2) is 14.4 Å². The molecule has 9 heteroatoms. The Bertz CT molecular complexity index is 1670. The molecule has 1 atom stereocenters. The molecule has 2 aromatic carbocycles. The van der Waals surface area contributed by atoms with Crippen LogP contribution in [0, 0.1) is 30.0 Å². The van der Waals surface area contributed by atoms with Gasteiger partial charge in [0.25, 0.3) is 5.91 Å². The minimum Gasteiger partial charge on any atom is -0.457 e. The quantitative estimate of drug-likeness (QED) is 0.237. The molecule has 1 aliphatic heterocycles. The van der Waals surface area contributed by atoms with E-state index < -0.39 is 5.82 Å². The molecule has 2 fully saturated rings. The molecule has 8 nitrogen and oxygen atoms in total.